The van der Waals surface area contributed by atoms with E-state index in [4.69, 9.17) is 4.74 Å². The zero-order valence-electron chi connectivity index (χ0n) is 20.3. The Bertz CT molecular complexity index is 657. The smallest absolute Gasteiger partial charge is 0.313 e. The van der Waals surface area contributed by atoms with E-state index in [1.54, 1.807) is 0 Å². The van der Waals surface area contributed by atoms with Crippen LogP contribution in [0.15, 0.2) is 30.3 Å². The Hall–Kier alpha value is -1.68. The lowest BCUT2D eigenvalue weighted by molar-refractivity contribution is -0.145. The number of esters is 1. The average Bonchev–Trinajstić information content (AvgIpc) is 3.15. The van der Waals surface area contributed by atoms with E-state index in [1.165, 1.54) is 12.8 Å². The van der Waals surface area contributed by atoms with Crippen molar-refractivity contribution in [2.24, 2.45) is 11.8 Å². The van der Waals surface area contributed by atoms with Crippen molar-refractivity contribution in [2.75, 3.05) is 6.61 Å². The van der Waals surface area contributed by atoms with Crippen LogP contribution in [0, 0.1) is 11.8 Å². The quantitative estimate of drug-likeness (QED) is 0.230. The van der Waals surface area contributed by atoms with E-state index >= 15 is 0 Å². The highest BCUT2D eigenvalue weighted by Crippen LogP contribution is 2.36. The van der Waals surface area contributed by atoms with Gasteiger partial charge in [0.15, 0.2) is 0 Å². The maximum absolute atomic E-state index is 12.4. The summed E-state index contributed by atoms with van der Waals surface area (Å²) in [6.45, 7) is 4.43. The van der Waals surface area contributed by atoms with Gasteiger partial charge < -0.3 is 9.84 Å². The van der Waals surface area contributed by atoms with Crippen molar-refractivity contribution in [3.05, 3.63) is 35.9 Å². The van der Waals surface area contributed by atoms with Gasteiger partial charge in [-0.3, -0.25) is 9.59 Å². The molecular formula is C28H44O4. The first kappa shape index (κ1) is 26.6. The number of rotatable bonds is 16. The van der Waals surface area contributed by atoms with Crippen molar-refractivity contribution >= 4 is 11.8 Å². The average molecular weight is 445 g/mol. The molecule has 2 unspecified atom stereocenters. The predicted molar refractivity (Wildman–Crippen MR) is 130 cm³/mol. The molecule has 0 radical (unpaired) electrons. The number of hydrogen-bond donors (Lipinski definition) is 1. The van der Waals surface area contributed by atoms with E-state index in [2.05, 4.69) is 6.92 Å². The lowest BCUT2D eigenvalue weighted by atomic mass is 9.85. The second-order valence-corrected chi connectivity index (χ2v) is 9.45. The van der Waals surface area contributed by atoms with Gasteiger partial charge in [0.25, 0.3) is 0 Å². The minimum atomic E-state index is -0.212. The molecule has 0 aliphatic heterocycles. The molecule has 0 spiro atoms. The van der Waals surface area contributed by atoms with Gasteiger partial charge in [-0.1, -0.05) is 75.8 Å². The molecule has 4 atom stereocenters. The number of benzene rings is 1. The summed E-state index contributed by atoms with van der Waals surface area (Å²) in [5.41, 5.74) is 1.02. The highest BCUT2D eigenvalue weighted by atomic mass is 16.5. The van der Waals surface area contributed by atoms with Crippen molar-refractivity contribution in [1.29, 1.82) is 0 Å². The van der Waals surface area contributed by atoms with Gasteiger partial charge in [0.05, 0.1) is 18.6 Å². The molecule has 4 heteroatoms. The summed E-state index contributed by atoms with van der Waals surface area (Å²) in [6.07, 6.45) is 12.4. The van der Waals surface area contributed by atoms with Gasteiger partial charge in [-0.25, -0.2) is 0 Å². The van der Waals surface area contributed by atoms with Gasteiger partial charge >= 0.3 is 5.97 Å². The number of ketones is 1. The molecule has 0 aromatic heterocycles. The van der Waals surface area contributed by atoms with Crippen LogP contribution in [0.1, 0.15) is 109 Å². The van der Waals surface area contributed by atoms with Gasteiger partial charge in [-0.05, 0) is 56.9 Å². The number of carbonyl (C=O) groups is 2. The second-order valence-electron chi connectivity index (χ2n) is 9.45. The molecule has 1 aromatic carbocycles. The number of aliphatic hydroxyl groups excluding tert-OH is 1. The standard InChI is InChI=1S/C28H44O4/c1-3-5-8-15-24(29)20-18-23-19-21-27(30)25(23)16-11-7-12-17-26(28(31)32-4-2)22-13-9-6-10-14-22/h6,9-10,13-14,23-26,29H,3-5,7-8,11-12,15-21H2,1-2H3/t23-,24?,25+,26?/m0/s1. The van der Waals surface area contributed by atoms with Crippen LogP contribution in [-0.4, -0.2) is 29.6 Å². The van der Waals surface area contributed by atoms with Crippen LogP contribution in [0.4, 0.5) is 0 Å². The zero-order chi connectivity index (χ0) is 23.2. The third-order valence-corrected chi connectivity index (χ3v) is 7.04. The molecule has 1 aliphatic carbocycles. The molecular weight excluding hydrogens is 400 g/mol. The molecule has 4 nitrogen and oxygen atoms in total. The number of carbonyl (C=O) groups excluding carboxylic acids is 2. The van der Waals surface area contributed by atoms with Crippen LogP contribution in [0.2, 0.25) is 0 Å². The number of unbranched alkanes of at least 4 members (excludes halogenated alkanes) is 4. The molecule has 1 N–H and O–H groups in total. The lowest BCUT2D eigenvalue weighted by Crippen LogP contribution is -2.17. The highest BCUT2D eigenvalue weighted by Gasteiger charge is 2.33. The van der Waals surface area contributed by atoms with Crippen LogP contribution < -0.4 is 0 Å². The molecule has 0 bridgehead atoms. The summed E-state index contributed by atoms with van der Waals surface area (Å²) in [7, 11) is 0. The molecule has 1 fully saturated rings. The summed E-state index contributed by atoms with van der Waals surface area (Å²) < 4.78 is 5.30. The number of aliphatic hydroxyl groups is 1. The number of hydrogen-bond acceptors (Lipinski definition) is 4. The minimum Gasteiger partial charge on any atom is -0.466 e. The normalized spacial score (nSPS) is 20.3. The van der Waals surface area contributed by atoms with E-state index in [0.29, 0.717) is 24.7 Å². The summed E-state index contributed by atoms with van der Waals surface area (Å²) in [6, 6.07) is 9.90. The fourth-order valence-electron chi connectivity index (χ4n) is 5.14. The van der Waals surface area contributed by atoms with E-state index in [-0.39, 0.29) is 23.9 Å². The highest BCUT2D eigenvalue weighted by molar-refractivity contribution is 5.83. The zero-order valence-corrected chi connectivity index (χ0v) is 20.3. The topological polar surface area (TPSA) is 63.6 Å². The Morgan fingerprint density at radius 2 is 1.75 bits per heavy atom. The molecule has 1 aliphatic rings. The van der Waals surface area contributed by atoms with Gasteiger partial charge in [-0.15, -0.1) is 0 Å². The molecule has 1 saturated carbocycles. The van der Waals surface area contributed by atoms with Gasteiger partial charge in [0.1, 0.15) is 5.78 Å². The van der Waals surface area contributed by atoms with Crippen LogP contribution in [0.5, 0.6) is 0 Å². The van der Waals surface area contributed by atoms with Crippen molar-refractivity contribution < 1.29 is 19.4 Å². The maximum Gasteiger partial charge on any atom is 0.313 e. The largest absolute Gasteiger partial charge is 0.466 e. The summed E-state index contributed by atoms with van der Waals surface area (Å²) in [5, 5.41) is 10.2. The number of ether oxygens (including phenoxy) is 1. The summed E-state index contributed by atoms with van der Waals surface area (Å²) in [4.78, 5) is 24.9. The van der Waals surface area contributed by atoms with Gasteiger partial charge in [0, 0.05) is 12.3 Å². The number of Topliss-reactive ketones (excluding diaryl/α,β-unsaturated/α-hetero) is 1. The molecule has 0 saturated heterocycles. The van der Waals surface area contributed by atoms with Crippen LogP contribution in [0.25, 0.3) is 0 Å². The molecule has 0 amide bonds. The Morgan fingerprint density at radius 1 is 1.00 bits per heavy atom. The monoisotopic (exact) mass is 444 g/mol. The minimum absolute atomic E-state index is 0.137. The first-order valence-corrected chi connectivity index (χ1v) is 13.0. The van der Waals surface area contributed by atoms with Gasteiger partial charge in [-0.2, -0.15) is 0 Å². The lowest BCUT2D eigenvalue weighted by Gasteiger charge is -2.20. The SMILES string of the molecule is CCCCCC(O)CC[C@H]1CCC(=O)[C@@H]1CCCCCC(C(=O)OCC)c1ccccc1. The fourth-order valence-corrected chi connectivity index (χ4v) is 5.14. The van der Waals surface area contributed by atoms with Crippen molar-refractivity contribution in [2.45, 2.75) is 109 Å². The Labute approximate surface area is 195 Å². The van der Waals surface area contributed by atoms with Crippen LogP contribution in [0.3, 0.4) is 0 Å². The van der Waals surface area contributed by atoms with E-state index in [1.807, 2.05) is 37.3 Å². The van der Waals surface area contributed by atoms with Crippen LogP contribution in [-0.2, 0) is 14.3 Å². The Morgan fingerprint density at radius 3 is 2.47 bits per heavy atom. The van der Waals surface area contributed by atoms with Crippen molar-refractivity contribution in [3.63, 3.8) is 0 Å². The third-order valence-electron chi connectivity index (χ3n) is 7.04. The van der Waals surface area contributed by atoms with E-state index in [0.717, 1.165) is 69.8 Å². The van der Waals surface area contributed by atoms with Gasteiger partial charge in [0.2, 0.25) is 0 Å². The first-order chi connectivity index (χ1) is 15.6. The third kappa shape index (κ3) is 9.05. The maximum atomic E-state index is 12.4. The van der Waals surface area contributed by atoms with Crippen molar-refractivity contribution in [3.8, 4) is 0 Å². The predicted octanol–water partition coefficient (Wildman–Crippen LogP) is 6.60. The second kappa shape index (κ2) is 15.2. The van der Waals surface area contributed by atoms with E-state index < -0.39 is 0 Å². The fraction of sp³-hybridized carbons (Fsp3) is 0.714. The Balaban J connectivity index is 1.73. The molecule has 0 heterocycles. The molecule has 1 aromatic rings. The molecule has 32 heavy (non-hydrogen) atoms. The molecule has 2 rings (SSSR count). The van der Waals surface area contributed by atoms with Crippen molar-refractivity contribution in [1.82, 2.24) is 0 Å². The summed E-state index contributed by atoms with van der Waals surface area (Å²) in [5.74, 6) is 0.699. The first-order valence-electron chi connectivity index (χ1n) is 13.0. The summed E-state index contributed by atoms with van der Waals surface area (Å²) >= 11 is 0. The molecule has 180 valence electrons. The van der Waals surface area contributed by atoms with E-state index in [9.17, 15) is 14.7 Å². The Kier molecular flexibility index (Phi) is 12.6. The van der Waals surface area contributed by atoms with Crippen LogP contribution >= 0.6 is 0 Å².